The number of carbonyl (C=O) groups excluding carboxylic acids is 2. The lowest BCUT2D eigenvalue weighted by Crippen LogP contribution is -2.17. The van der Waals surface area contributed by atoms with Crippen molar-refractivity contribution < 1.29 is 19.1 Å². The Bertz CT molecular complexity index is 737. The van der Waals surface area contributed by atoms with E-state index in [2.05, 4.69) is 6.92 Å². The fourth-order valence-corrected chi connectivity index (χ4v) is 2.87. The Hall–Kier alpha value is -2.62. The van der Waals surface area contributed by atoms with Crippen LogP contribution in [0.2, 0.25) is 0 Å². The molecule has 0 fully saturated rings. The summed E-state index contributed by atoms with van der Waals surface area (Å²) in [7, 11) is 0. The minimum Gasteiger partial charge on any atom is -0.462 e. The molecule has 0 aromatic heterocycles. The molecule has 0 aliphatic carbocycles. The maximum atomic E-state index is 12.6. The third-order valence-corrected chi connectivity index (χ3v) is 4.40. The molecule has 2 rings (SSSR count). The van der Waals surface area contributed by atoms with E-state index in [1.807, 2.05) is 43.3 Å². The number of aryl methyl sites for hydroxylation is 1. The number of hydrogen-bond acceptors (Lipinski definition) is 4. The molecule has 0 aliphatic heterocycles. The first-order chi connectivity index (χ1) is 13.2. The molecule has 0 atom stereocenters. The quantitative estimate of drug-likeness (QED) is 0.419. The first kappa shape index (κ1) is 20.7. The molecule has 0 heterocycles. The van der Waals surface area contributed by atoms with E-state index in [1.165, 1.54) is 0 Å². The van der Waals surface area contributed by atoms with Gasteiger partial charge < -0.3 is 9.47 Å². The van der Waals surface area contributed by atoms with Gasteiger partial charge in [0.15, 0.2) is 0 Å². The van der Waals surface area contributed by atoms with Crippen molar-refractivity contribution in [2.45, 2.75) is 52.6 Å². The largest absolute Gasteiger partial charge is 0.462 e. The molecular weight excluding hydrogens is 340 g/mol. The lowest BCUT2D eigenvalue weighted by Gasteiger charge is -2.13. The smallest absolute Gasteiger partial charge is 0.339 e. The van der Waals surface area contributed by atoms with Gasteiger partial charge in [0.2, 0.25) is 0 Å². The van der Waals surface area contributed by atoms with Gasteiger partial charge in [0.05, 0.1) is 17.7 Å². The van der Waals surface area contributed by atoms with Crippen LogP contribution in [0.5, 0.6) is 0 Å². The Morgan fingerprint density at radius 2 is 1.59 bits per heavy atom. The second kappa shape index (κ2) is 11.2. The average Bonchev–Trinajstić information content (AvgIpc) is 2.71. The van der Waals surface area contributed by atoms with Crippen molar-refractivity contribution in [3.63, 3.8) is 0 Å². The zero-order chi connectivity index (χ0) is 19.5. The van der Waals surface area contributed by atoms with Gasteiger partial charge in [-0.1, -0.05) is 75.6 Å². The first-order valence-corrected chi connectivity index (χ1v) is 9.67. The third-order valence-electron chi connectivity index (χ3n) is 4.40. The van der Waals surface area contributed by atoms with Gasteiger partial charge in [0.1, 0.15) is 6.61 Å². The topological polar surface area (TPSA) is 52.6 Å². The normalized spacial score (nSPS) is 10.4. The predicted molar refractivity (Wildman–Crippen MR) is 106 cm³/mol. The molecule has 4 heteroatoms. The van der Waals surface area contributed by atoms with Crippen LogP contribution in [0.4, 0.5) is 0 Å². The van der Waals surface area contributed by atoms with E-state index in [0.717, 1.165) is 36.8 Å². The lowest BCUT2D eigenvalue weighted by atomic mass is 9.99. The second-order valence-electron chi connectivity index (χ2n) is 6.45. The van der Waals surface area contributed by atoms with Crippen LogP contribution in [-0.2, 0) is 22.5 Å². The van der Waals surface area contributed by atoms with Gasteiger partial charge in [0, 0.05) is 0 Å². The summed E-state index contributed by atoms with van der Waals surface area (Å²) in [4.78, 5) is 25.2. The molecule has 0 spiro atoms. The summed E-state index contributed by atoms with van der Waals surface area (Å²) in [5.74, 6) is -0.956. The van der Waals surface area contributed by atoms with Gasteiger partial charge in [0.25, 0.3) is 0 Å². The van der Waals surface area contributed by atoms with Crippen LogP contribution < -0.4 is 0 Å². The van der Waals surface area contributed by atoms with Crippen LogP contribution >= 0.6 is 0 Å². The van der Waals surface area contributed by atoms with Gasteiger partial charge in [-0.3, -0.25) is 0 Å². The molecule has 0 saturated carbocycles. The molecule has 0 aliphatic rings. The van der Waals surface area contributed by atoms with E-state index in [4.69, 9.17) is 9.47 Å². The molecule has 0 unspecified atom stereocenters. The Labute approximate surface area is 161 Å². The van der Waals surface area contributed by atoms with Crippen molar-refractivity contribution >= 4 is 11.9 Å². The number of hydrogen-bond donors (Lipinski definition) is 0. The summed E-state index contributed by atoms with van der Waals surface area (Å²) in [5.41, 5.74) is 2.29. The van der Waals surface area contributed by atoms with Crippen LogP contribution in [0.3, 0.4) is 0 Å². The number of benzene rings is 2. The number of unbranched alkanes of at least 4 members (excludes halogenated alkanes) is 3. The summed E-state index contributed by atoms with van der Waals surface area (Å²) in [6.45, 7) is 4.63. The summed E-state index contributed by atoms with van der Waals surface area (Å²) in [5, 5.41) is 0. The van der Waals surface area contributed by atoms with Gasteiger partial charge in [-0.05, 0) is 30.0 Å². The number of rotatable bonds is 10. The molecule has 2 aromatic carbocycles. The SMILES string of the molecule is CCCCCCOC(=O)c1c(CC)cccc1C(=O)OCc1ccccc1. The monoisotopic (exact) mass is 368 g/mol. The van der Waals surface area contributed by atoms with Crippen molar-refractivity contribution in [3.8, 4) is 0 Å². The minimum absolute atomic E-state index is 0.168. The highest BCUT2D eigenvalue weighted by molar-refractivity contribution is 6.04. The maximum absolute atomic E-state index is 12.6. The third kappa shape index (κ3) is 6.24. The standard InChI is InChI=1S/C23H28O4/c1-3-5-6-10-16-26-23(25)21-19(4-2)14-11-15-20(21)22(24)27-17-18-12-8-7-9-13-18/h7-9,11-15H,3-6,10,16-17H2,1-2H3. The zero-order valence-electron chi connectivity index (χ0n) is 16.2. The fraction of sp³-hybridized carbons (Fsp3) is 0.391. The van der Waals surface area contributed by atoms with E-state index in [0.29, 0.717) is 18.6 Å². The first-order valence-electron chi connectivity index (χ1n) is 9.67. The van der Waals surface area contributed by atoms with Crippen LogP contribution in [0.1, 0.15) is 71.4 Å². The molecule has 2 aromatic rings. The Morgan fingerprint density at radius 1 is 0.815 bits per heavy atom. The van der Waals surface area contributed by atoms with Crippen molar-refractivity contribution in [1.29, 1.82) is 0 Å². The van der Waals surface area contributed by atoms with Crippen molar-refractivity contribution in [2.24, 2.45) is 0 Å². The number of ether oxygens (including phenoxy) is 2. The molecule has 4 nitrogen and oxygen atoms in total. The lowest BCUT2D eigenvalue weighted by molar-refractivity contribution is 0.0435. The van der Waals surface area contributed by atoms with Gasteiger partial charge in [-0.2, -0.15) is 0 Å². The molecule has 0 N–H and O–H groups in total. The second-order valence-corrected chi connectivity index (χ2v) is 6.45. The van der Waals surface area contributed by atoms with Gasteiger partial charge in [-0.25, -0.2) is 9.59 Å². The van der Waals surface area contributed by atoms with Crippen LogP contribution in [0.15, 0.2) is 48.5 Å². The van der Waals surface area contributed by atoms with Crippen LogP contribution in [0.25, 0.3) is 0 Å². The highest BCUT2D eigenvalue weighted by Gasteiger charge is 2.22. The van der Waals surface area contributed by atoms with Gasteiger partial charge in [-0.15, -0.1) is 0 Å². The van der Waals surface area contributed by atoms with E-state index < -0.39 is 11.9 Å². The molecule has 0 saturated heterocycles. The van der Waals surface area contributed by atoms with Gasteiger partial charge >= 0.3 is 11.9 Å². The Kier molecular flexibility index (Phi) is 8.56. The Balaban J connectivity index is 2.08. The van der Waals surface area contributed by atoms with E-state index in [1.54, 1.807) is 12.1 Å². The van der Waals surface area contributed by atoms with Crippen molar-refractivity contribution in [2.75, 3.05) is 6.61 Å². The molecule has 0 bridgehead atoms. The average molecular weight is 368 g/mol. The van der Waals surface area contributed by atoms with E-state index in [9.17, 15) is 9.59 Å². The molecule has 144 valence electrons. The maximum Gasteiger partial charge on any atom is 0.339 e. The van der Waals surface area contributed by atoms with E-state index in [-0.39, 0.29) is 12.2 Å². The van der Waals surface area contributed by atoms with Crippen molar-refractivity contribution in [1.82, 2.24) is 0 Å². The predicted octanol–water partition coefficient (Wildman–Crippen LogP) is 5.34. The minimum atomic E-state index is -0.507. The molecule has 0 amide bonds. The van der Waals surface area contributed by atoms with E-state index >= 15 is 0 Å². The summed E-state index contributed by atoms with van der Waals surface area (Å²) in [6.07, 6.45) is 4.76. The molecule has 0 radical (unpaired) electrons. The highest BCUT2D eigenvalue weighted by Crippen LogP contribution is 2.19. The van der Waals surface area contributed by atoms with Crippen molar-refractivity contribution in [3.05, 3.63) is 70.8 Å². The van der Waals surface area contributed by atoms with Crippen LogP contribution in [-0.4, -0.2) is 18.5 Å². The molecule has 27 heavy (non-hydrogen) atoms. The van der Waals surface area contributed by atoms with Crippen LogP contribution in [0, 0.1) is 0 Å². The molecular formula is C23H28O4. The summed E-state index contributed by atoms with van der Waals surface area (Å²) in [6, 6.07) is 14.7. The zero-order valence-corrected chi connectivity index (χ0v) is 16.2. The highest BCUT2D eigenvalue weighted by atomic mass is 16.5. The number of esters is 2. The summed E-state index contributed by atoms with van der Waals surface area (Å²) >= 11 is 0. The fourth-order valence-electron chi connectivity index (χ4n) is 2.87. The summed E-state index contributed by atoms with van der Waals surface area (Å²) < 4.78 is 10.8. The Morgan fingerprint density at radius 3 is 2.30 bits per heavy atom. The number of carbonyl (C=O) groups is 2.